The molecule has 2 atom stereocenters. The van der Waals surface area contributed by atoms with Gasteiger partial charge in [0.1, 0.15) is 12.7 Å². The number of benzene rings is 1. The van der Waals surface area contributed by atoms with Crippen LogP contribution in [0.25, 0.3) is 0 Å². The minimum atomic E-state index is -0.655. The number of hydrogen-bond donors (Lipinski definition) is 1. The van der Waals surface area contributed by atoms with Gasteiger partial charge in [-0.1, -0.05) is 30.3 Å². The third kappa shape index (κ3) is 4.04. The summed E-state index contributed by atoms with van der Waals surface area (Å²) in [5.41, 5.74) is 0.929. The number of ether oxygens (including phenoxy) is 2. The van der Waals surface area contributed by atoms with Gasteiger partial charge in [0, 0.05) is 6.42 Å². The monoisotopic (exact) mass is 250 g/mol. The Bertz CT molecular complexity index is 377. The van der Waals surface area contributed by atoms with Gasteiger partial charge in [-0.15, -0.1) is 0 Å². The van der Waals surface area contributed by atoms with Gasteiger partial charge in [-0.3, -0.25) is 0 Å². The molecule has 1 aromatic carbocycles. The normalized spacial score (nSPS) is 23.4. The Hall–Kier alpha value is -1.55. The molecular weight excluding hydrogens is 232 g/mol. The van der Waals surface area contributed by atoms with E-state index in [9.17, 15) is 9.90 Å². The Balaban J connectivity index is 1.72. The van der Waals surface area contributed by atoms with Crippen molar-refractivity contribution in [1.29, 1.82) is 0 Å². The molecule has 0 radical (unpaired) electrons. The van der Waals surface area contributed by atoms with E-state index in [4.69, 9.17) is 9.47 Å². The summed E-state index contributed by atoms with van der Waals surface area (Å²) in [6.07, 6.45) is 1.77. The second-order valence-corrected chi connectivity index (χ2v) is 4.58. The van der Waals surface area contributed by atoms with Crippen molar-refractivity contribution in [3.05, 3.63) is 35.9 Å². The molecule has 0 bridgehead atoms. The van der Waals surface area contributed by atoms with Crippen LogP contribution in [0.3, 0.4) is 0 Å². The lowest BCUT2D eigenvalue weighted by Crippen LogP contribution is -2.28. The Morgan fingerprint density at radius 2 is 2.06 bits per heavy atom. The summed E-state index contributed by atoms with van der Waals surface area (Å²) in [6, 6.07) is 9.46. The molecule has 1 aliphatic carbocycles. The highest BCUT2D eigenvalue weighted by molar-refractivity contribution is 5.60. The molecule has 98 valence electrons. The standard InChI is InChI=1S/C14H18O4/c15-12-7-4-8-13(9-12)18-14(16)17-10-11-5-2-1-3-6-11/h1-3,5-6,12-13,15H,4,7-10H2/t12-,13+/m0/s1. The third-order valence-corrected chi connectivity index (χ3v) is 3.06. The van der Waals surface area contributed by atoms with Crippen molar-refractivity contribution in [2.45, 2.75) is 44.5 Å². The van der Waals surface area contributed by atoms with Crippen LogP contribution in [-0.2, 0) is 16.1 Å². The molecule has 0 aromatic heterocycles. The minimum Gasteiger partial charge on any atom is -0.431 e. The predicted molar refractivity (Wildman–Crippen MR) is 66.0 cm³/mol. The molecule has 0 aliphatic heterocycles. The number of aliphatic hydroxyl groups is 1. The molecule has 0 amide bonds. The second-order valence-electron chi connectivity index (χ2n) is 4.58. The largest absolute Gasteiger partial charge is 0.508 e. The zero-order valence-corrected chi connectivity index (χ0v) is 10.2. The summed E-state index contributed by atoms with van der Waals surface area (Å²) >= 11 is 0. The van der Waals surface area contributed by atoms with Gasteiger partial charge < -0.3 is 14.6 Å². The molecule has 4 nitrogen and oxygen atoms in total. The molecule has 1 N–H and O–H groups in total. The third-order valence-electron chi connectivity index (χ3n) is 3.06. The Morgan fingerprint density at radius 3 is 2.78 bits per heavy atom. The van der Waals surface area contributed by atoms with Crippen molar-refractivity contribution in [3.63, 3.8) is 0 Å². The van der Waals surface area contributed by atoms with E-state index in [1.165, 1.54) is 0 Å². The van der Waals surface area contributed by atoms with Gasteiger partial charge in [0.05, 0.1) is 6.10 Å². The zero-order valence-electron chi connectivity index (χ0n) is 10.2. The first-order chi connectivity index (χ1) is 8.74. The van der Waals surface area contributed by atoms with Crippen LogP contribution in [0.1, 0.15) is 31.2 Å². The summed E-state index contributed by atoms with van der Waals surface area (Å²) in [5.74, 6) is 0. The van der Waals surface area contributed by atoms with Gasteiger partial charge in [0.15, 0.2) is 0 Å². The van der Waals surface area contributed by atoms with Crippen LogP contribution in [-0.4, -0.2) is 23.5 Å². The Kier molecular flexibility index (Phi) is 4.59. The second kappa shape index (κ2) is 6.40. The Morgan fingerprint density at radius 1 is 1.28 bits per heavy atom. The molecule has 0 heterocycles. The fourth-order valence-electron chi connectivity index (χ4n) is 2.11. The SMILES string of the molecule is O=C(OCc1ccccc1)O[C@@H]1CCC[C@H](O)C1. The van der Waals surface area contributed by atoms with Gasteiger partial charge in [0.25, 0.3) is 0 Å². The van der Waals surface area contributed by atoms with E-state index in [1.807, 2.05) is 30.3 Å². The molecule has 1 saturated carbocycles. The summed E-state index contributed by atoms with van der Waals surface area (Å²) in [5, 5.41) is 9.47. The van der Waals surface area contributed by atoms with Crippen LogP contribution in [0.5, 0.6) is 0 Å². The molecule has 18 heavy (non-hydrogen) atoms. The van der Waals surface area contributed by atoms with E-state index in [-0.39, 0.29) is 18.8 Å². The van der Waals surface area contributed by atoms with Crippen LogP contribution < -0.4 is 0 Å². The van der Waals surface area contributed by atoms with Crippen LogP contribution >= 0.6 is 0 Å². The van der Waals surface area contributed by atoms with Crippen molar-refractivity contribution >= 4 is 6.16 Å². The zero-order chi connectivity index (χ0) is 12.8. The first kappa shape index (κ1) is 12.9. The molecule has 0 saturated heterocycles. The lowest BCUT2D eigenvalue weighted by atomic mass is 9.95. The highest BCUT2D eigenvalue weighted by Crippen LogP contribution is 2.21. The fourth-order valence-corrected chi connectivity index (χ4v) is 2.11. The van der Waals surface area contributed by atoms with Gasteiger partial charge >= 0.3 is 6.16 Å². The highest BCUT2D eigenvalue weighted by atomic mass is 16.7. The van der Waals surface area contributed by atoms with Gasteiger partial charge in [-0.25, -0.2) is 4.79 Å². The predicted octanol–water partition coefficient (Wildman–Crippen LogP) is 2.64. The maximum Gasteiger partial charge on any atom is 0.508 e. The van der Waals surface area contributed by atoms with Crippen molar-refractivity contribution in [2.24, 2.45) is 0 Å². The summed E-state index contributed by atoms with van der Waals surface area (Å²) in [6.45, 7) is 0.217. The molecule has 0 unspecified atom stereocenters. The maximum absolute atomic E-state index is 11.5. The van der Waals surface area contributed by atoms with E-state index in [0.717, 1.165) is 24.8 Å². The lowest BCUT2D eigenvalue weighted by molar-refractivity contribution is -0.0170. The quantitative estimate of drug-likeness (QED) is 0.838. The molecular formula is C14H18O4. The highest BCUT2D eigenvalue weighted by Gasteiger charge is 2.23. The first-order valence-corrected chi connectivity index (χ1v) is 6.29. The summed E-state index contributed by atoms with van der Waals surface area (Å²) in [7, 11) is 0. The van der Waals surface area contributed by atoms with E-state index >= 15 is 0 Å². The van der Waals surface area contributed by atoms with Crippen molar-refractivity contribution < 1.29 is 19.4 Å². The average Bonchev–Trinajstić information content (AvgIpc) is 2.38. The number of carbonyl (C=O) groups is 1. The molecule has 1 aliphatic rings. The fraction of sp³-hybridized carbons (Fsp3) is 0.500. The van der Waals surface area contributed by atoms with E-state index in [2.05, 4.69) is 0 Å². The van der Waals surface area contributed by atoms with E-state index in [1.54, 1.807) is 0 Å². The molecule has 4 heteroatoms. The lowest BCUT2D eigenvalue weighted by Gasteiger charge is -2.25. The van der Waals surface area contributed by atoms with Gasteiger partial charge in [-0.2, -0.15) is 0 Å². The summed E-state index contributed by atoms with van der Waals surface area (Å²) in [4.78, 5) is 11.5. The van der Waals surface area contributed by atoms with Crippen molar-refractivity contribution in [2.75, 3.05) is 0 Å². The van der Waals surface area contributed by atoms with Crippen LogP contribution in [0, 0.1) is 0 Å². The number of carbonyl (C=O) groups excluding carboxylic acids is 1. The Labute approximate surface area is 107 Å². The number of rotatable bonds is 3. The van der Waals surface area contributed by atoms with E-state index in [0.29, 0.717) is 6.42 Å². The molecule has 1 aromatic rings. The molecule has 2 rings (SSSR count). The summed E-state index contributed by atoms with van der Waals surface area (Å²) < 4.78 is 10.2. The first-order valence-electron chi connectivity index (χ1n) is 6.29. The van der Waals surface area contributed by atoms with Crippen LogP contribution in [0.2, 0.25) is 0 Å². The number of hydrogen-bond acceptors (Lipinski definition) is 4. The average molecular weight is 250 g/mol. The minimum absolute atomic E-state index is 0.211. The van der Waals surface area contributed by atoms with Gasteiger partial charge in [-0.05, 0) is 24.8 Å². The maximum atomic E-state index is 11.5. The number of aliphatic hydroxyl groups excluding tert-OH is 1. The van der Waals surface area contributed by atoms with Gasteiger partial charge in [0.2, 0.25) is 0 Å². The topological polar surface area (TPSA) is 55.8 Å². The molecule has 0 spiro atoms. The molecule has 1 fully saturated rings. The van der Waals surface area contributed by atoms with Crippen LogP contribution in [0.15, 0.2) is 30.3 Å². The van der Waals surface area contributed by atoms with Crippen LogP contribution in [0.4, 0.5) is 4.79 Å². The van der Waals surface area contributed by atoms with E-state index < -0.39 is 6.16 Å². The van der Waals surface area contributed by atoms with Crippen molar-refractivity contribution in [3.8, 4) is 0 Å². The van der Waals surface area contributed by atoms with Crippen molar-refractivity contribution in [1.82, 2.24) is 0 Å². The smallest absolute Gasteiger partial charge is 0.431 e.